The second-order valence-electron chi connectivity index (χ2n) is 5.71. The van der Waals surface area contributed by atoms with Crippen molar-refractivity contribution in [1.29, 1.82) is 0 Å². The van der Waals surface area contributed by atoms with Crippen LogP contribution in [0.15, 0.2) is 30.5 Å². The molecule has 0 unspecified atom stereocenters. The monoisotopic (exact) mass is 301 g/mol. The van der Waals surface area contributed by atoms with Crippen molar-refractivity contribution in [2.45, 2.75) is 39.2 Å². The van der Waals surface area contributed by atoms with E-state index in [0.29, 0.717) is 6.42 Å². The summed E-state index contributed by atoms with van der Waals surface area (Å²) in [6, 6.07) is 8.22. The van der Waals surface area contributed by atoms with E-state index in [1.165, 1.54) is 10.9 Å². The lowest BCUT2D eigenvalue weighted by molar-refractivity contribution is -0.126. The third-order valence-electron chi connectivity index (χ3n) is 3.42. The number of carbonyl (C=O) groups excluding carboxylic acids is 2. The maximum Gasteiger partial charge on any atom is 0.239 e. The van der Waals surface area contributed by atoms with Crippen molar-refractivity contribution < 1.29 is 9.59 Å². The zero-order valence-corrected chi connectivity index (χ0v) is 13.1. The highest BCUT2D eigenvalue weighted by Gasteiger charge is 2.07. The van der Waals surface area contributed by atoms with Crippen LogP contribution in [0.3, 0.4) is 0 Å². The fraction of sp³-hybridized carbons (Fsp3) is 0.412. The van der Waals surface area contributed by atoms with Gasteiger partial charge in [0.2, 0.25) is 11.8 Å². The molecule has 5 heteroatoms. The first-order valence-electron chi connectivity index (χ1n) is 7.67. The van der Waals surface area contributed by atoms with E-state index in [-0.39, 0.29) is 24.4 Å². The molecule has 0 bridgehead atoms. The highest BCUT2D eigenvalue weighted by atomic mass is 16.2. The van der Waals surface area contributed by atoms with Gasteiger partial charge in [0.1, 0.15) is 0 Å². The number of aromatic nitrogens is 1. The highest BCUT2D eigenvalue weighted by Crippen LogP contribution is 2.19. The summed E-state index contributed by atoms with van der Waals surface area (Å²) < 4.78 is 0. The van der Waals surface area contributed by atoms with Crippen LogP contribution in [-0.2, 0) is 16.0 Å². The predicted molar refractivity (Wildman–Crippen MR) is 87.5 cm³/mol. The number of fused-ring (bicyclic) bond motifs is 1. The molecule has 118 valence electrons. The molecule has 0 aliphatic carbocycles. The van der Waals surface area contributed by atoms with Gasteiger partial charge in [-0.15, -0.1) is 0 Å². The molecule has 3 N–H and O–H groups in total. The number of hydrogen-bond acceptors (Lipinski definition) is 2. The van der Waals surface area contributed by atoms with Gasteiger partial charge >= 0.3 is 0 Å². The molecule has 0 saturated heterocycles. The maximum absolute atomic E-state index is 11.7. The van der Waals surface area contributed by atoms with Crippen molar-refractivity contribution in [3.8, 4) is 0 Å². The summed E-state index contributed by atoms with van der Waals surface area (Å²) in [6.07, 6.45) is 4.03. The molecule has 5 nitrogen and oxygen atoms in total. The number of H-pyrrole nitrogens is 1. The van der Waals surface area contributed by atoms with Gasteiger partial charge in [0, 0.05) is 29.6 Å². The average Bonchev–Trinajstić information content (AvgIpc) is 2.88. The van der Waals surface area contributed by atoms with Gasteiger partial charge in [-0.3, -0.25) is 9.59 Å². The van der Waals surface area contributed by atoms with Crippen LogP contribution in [0.2, 0.25) is 0 Å². The average molecular weight is 301 g/mol. The van der Waals surface area contributed by atoms with Gasteiger partial charge in [0.15, 0.2) is 0 Å². The fourth-order valence-corrected chi connectivity index (χ4v) is 2.42. The quantitative estimate of drug-likeness (QED) is 0.733. The molecule has 0 spiro atoms. The van der Waals surface area contributed by atoms with Crippen molar-refractivity contribution >= 4 is 22.7 Å². The minimum atomic E-state index is -0.153. The molecule has 0 radical (unpaired) electrons. The number of hydrogen-bond donors (Lipinski definition) is 3. The van der Waals surface area contributed by atoms with Crippen molar-refractivity contribution in [3.63, 3.8) is 0 Å². The van der Waals surface area contributed by atoms with Gasteiger partial charge in [0.25, 0.3) is 0 Å². The van der Waals surface area contributed by atoms with Gasteiger partial charge < -0.3 is 15.6 Å². The number of aryl methyl sites for hydroxylation is 1. The molecule has 1 aromatic heterocycles. The van der Waals surface area contributed by atoms with E-state index in [9.17, 15) is 9.59 Å². The standard InChI is InChI=1S/C17H23N3O2/c1-12(2)20-17(22)11-19-16(21)9-5-6-13-10-18-15-8-4-3-7-14(13)15/h3-4,7-8,10,12,18H,5-6,9,11H2,1-2H3,(H,19,21)(H,20,22). The van der Waals surface area contributed by atoms with Crippen LogP contribution in [0, 0.1) is 0 Å². The van der Waals surface area contributed by atoms with Gasteiger partial charge in [-0.25, -0.2) is 0 Å². The lowest BCUT2D eigenvalue weighted by Crippen LogP contribution is -2.39. The van der Waals surface area contributed by atoms with Crippen LogP contribution in [0.4, 0.5) is 0 Å². The summed E-state index contributed by atoms with van der Waals surface area (Å²) in [7, 11) is 0. The van der Waals surface area contributed by atoms with E-state index in [1.54, 1.807) is 0 Å². The van der Waals surface area contributed by atoms with Crippen LogP contribution in [-0.4, -0.2) is 29.4 Å². The summed E-state index contributed by atoms with van der Waals surface area (Å²) in [5.74, 6) is -0.237. The summed E-state index contributed by atoms with van der Waals surface area (Å²) in [6.45, 7) is 3.83. The Bertz CT molecular complexity index is 646. The first-order chi connectivity index (χ1) is 10.6. The largest absolute Gasteiger partial charge is 0.361 e. The van der Waals surface area contributed by atoms with Crippen LogP contribution < -0.4 is 10.6 Å². The SMILES string of the molecule is CC(C)NC(=O)CNC(=O)CCCc1c[nH]c2ccccc12. The van der Waals surface area contributed by atoms with Crippen molar-refractivity contribution in [1.82, 2.24) is 15.6 Å². The summed E-state index contributed by atoms with van der Waals surface area (Å²) in [5, 5.41) is 6.59. The van der Waals surface area contributed by atoms with Gasteiger partial charge in [-0.2, -0.15) is 0 Å². The lowest BCUT2D eigenvalue weighted by atomic mass is 10.1. The van der Waals surface area contributed by atoms with Crippen LogP contribution in [0.1, 0.15) is 32.3 Å². The zero-order valence-electron chi connectivity index (χ0n) is 13.1. The first-order valence-corrected chi connectivity index (χ1v) is 7.67. The van der Waals surface area contributed by atoms with E-state index in [2.05, 4.69) is 21.7 Å². The van der Waals surface area contributed by atoms with E-state index in [0.717, 1.165) is 18.4 Å². The van der Waals surface area contributed by atoms with Crippen LogP contribution in [0.5, 0.6) is 0 Å². The molecule has 2 aromatic rings. The van der Waals surface area contributed by atoms with Crippen molar-refractivity contribution in [3.05, 3.63) is 36.0 Å². The molecular weight excluding hydrogens is 278 g/mol. The second kappa shape index (κ2) is 7.64. The predicted octanol–water partition coefficient (Wildman–Crippen LogP) is 2.13. The van der Waals surface area contributed by atoms with E-state index >= 15 is 0 Å². The fourth-order valence-electron chi connectivity index (χ4n) is 2.42. The molecule has 22 heavy (non-hydrogen) atoms. The normalized spacial score (nSPS) is 10.9. The van der Waals surface area contributed by atoms with Gasteiger partial charge in [0.05, 0.1) is 6.54 Å². The molecule has 0 fully saturated rings. The van der Waals surface area contributed by atoms with E-state index in [1.807, 2.05) is 38.2 Å². The second-order valence-corrected chi connectivity index (χ2v) is 5.71. The summed E-state index contributed by atoms with van der Waals surface area (Å²) >= 11 is 0. The molecule has 0 atom stereocenters. The highest BCUT2D eigenvalue weighted by molar-refractivity contribution is 5.85. The molecule has 0 aliphatic heterocycles. The Morgan fingerprint density at radius 2 is 1.95 bits per heavy atom. The Morgan fingerprint density at radius 3 is 2.73 bits per heavy atom. The third-order valence-corrected chi connectivity index (χ3v) is 3.42. The number of para-hydroxylation sites is 1. The molecule has 2 rings (SSSR count). The molecule has 0 aliphatic rings. The Morgan fingerprint density at radius 1 is 1.18 bits per heavy atom. The minimum absolute atomic E-state index is 0.0457. The van der Waals surface area contributed by atoms with Crippen LogP contribution >= 0.6 is 0 Å². The molecule has 0 saturated carbocycles. The number of aromatic amines is 1. The number of amides is 2. The van der Waals surface area contributed by atoms with Gasteiger partial charge in [-0.05, 0) is 38.3 Å². The number of nitrogens with one attached hydrogen (secondary N) is 3. The van der Waals surface area contributed by atoms with Crippen molar-refractivity contribution in [2.75, 3.05) is 6.54 Å². The maximum atomic E-state index is 11.7. The summed E-state index contributed by atoms with van der Waals surface area (Å²) in [5.41, 5.74) is 2.34. The smallest absolute Gasteiger partial charge is 0.239 e. The zero-order chi connectivity index (χ0) is 15.9. The number of benzene rings is 1. The van der Waals surface area contributed by atoms with Gasteiger partial charge in [-0.1, -0.05) is 18.2 Å². The third kappa shape index (κ3) is 4.62. The minimum Gasteiger partial charge on any atom is -0.361 e. The number of carbonyl (C=O) groups is 2. The van der Waals surface area contributed by atoms with E-state index < -0.39 is 0 Å². The molecule has 1 aromatic carbocycles. The number of rotatable bonds is 7. The topological polar surface area (TPSA) is 74.0 Å². The Balaban J connectivity index is 1.72. The molecule has 2 amide bonds. The van der Waals surface area contributed by atoms with E-state index in [4.69, 9.17) is 0 Å². The van der Waals surface area contributed by atoms with Crippen LogP contribution in [0.25, 0.3) is 10.9 Å². The lowest BCUT2D eigenvalue weighted by Gasteiger charge is -2.09. The molecule has 1 heterocycles. The van der Waals surface area contributed by atoms with Crippen molar-refractivity contribution in [2.24, 2.45) is 0 Å². The Kier molecular flexibility index (Phi) is 5.58. The first kappa shape index (κ1) is 16.1. The summed E-state index contributed by atoms with van der Waals surface area (Å²) in [4.78, 5) is 26.4. The Labute approximate surface area is 130 Å². The molecular formula is C17H23N3O2. The Hall–Kier alpha value is -2.30.